The standard InChI is InChI=1S/C24H23NS/c1-15-7-6-10-20(23(15)14-25)22(18(4)26)13-21-16(2)11-12-19-9-5-8-17(3)24(19)21/h5-10,13H,11-12H2,1-4H3/b22-13+. The second-order valence-corrected chi connectivity index (χ2v) is 7.64. The van der Waals surface area contributed by atoms with Crippen molar-refractivity contribution in [3.8, 4) is 6.07 Å². The van der Waals surface area contributed by atoms with Crippen molar-refractivity contribution in [2.75, 3.05) is 0 Å². The third-order valence-electron chi connectivity index (χ3n) is 5.20. The topological polar surface area (TPSA) is 23.8 Å². The zero-order valence-electron chi connectivity index (χ0n) is 15.8. The van der Waals surface area contributed by atoms with E-state index in [1.807, 2.05) is 32.0 Å². The average Bonchev–Trinajstić information content (AvgIpc) is 2.61. The maximum absolute atomic E-state index is 9.66. The molecule has 0 unspecified atom stereocenters. The van der Waals surface area contributed by atoms with E-state index in [4.69, 9.17) is 12.2 Å². The molecule has 0 radical (unpaired) electrons. The van der Waals surface area contributed by atoms with Gasteiger partial charge in [-0.15, -0.1) is 0 Å². The van der Waals surface area contributed by atoms with Crippen LogP contribution in [0.25, 0.3) is 11.1 Å². The lowest BCUT2D eigenvalue weighted by Crippen LogP contribution is -2.06. The summed E-state index contributed by atoms with van der Waals surface area (Å²) in [6.45, 7) is 8.30. The summed E-state index contributed by atoms with van der Waals surface area (Å²) in [7, 11) is 0. The van der Waals surface area contributed by atoms with E-state index >= 15 is 0 Å². The molecule has 0 aliphatic heterocycles. The lowest BCUT2D eigenvalue weighted by Gasteiger charge is -2.23. The fraction of sp³-hybridized carbons (Fsp3) is 0.250. The maximum atomic E-state index is 9.66. The number of benzene rings is 2. The van der Waals surface area contributed by atoms with E-state index in [0.29, 0.717) is 5.56 Å². The minimum Gasteiger partial charge on any atom is -0.192 e. The molecule has 0 fully saturated rings. The van der Waals surface area contributed by atoms with Crippen molar-refractivity contribution in [3.05, 3.63) is 81.4 Å². The number of nitriles is 1. The highest BCUT2D eigenvalue weighted by Gasteiger charge is 2.19. The van der Waals surface area contributed by atoms with E-state index in [0.717, 1.165) is 34.4 Å². The second-order valence-electron chi connectivity index (χ2n) is 7.03. The number of hydrogen-bond donors (Lipinski definition) is 0. The largest absolute Gasteiger partial charge is 0.192 e. The number of allylic oxidation sites excluding steroid dienone is 4. The number of hydrogen-bond acceptors (Lipinski definition) is 2. The fourth-order valence-electron chi connectivity index (χ4n) is 3.74. The highest BCUT2D eigenvalue weighted by molar-refractivity contribution is 7.81. The maximum Gasteiger partial charge on any atom is 0.100 e. The molecule has 0 saturated carbocycles. The normalized spacial score (nSPS) is 14.0. The van der Waals surface area contributed by atoms with Crippen LogP contribution in [-0.4, -0.2) is 4.86 Å². The van der Waals surface area contributed by atoms with Gasteiger partial charge in [0.2, 0.25) is 0 Å². The molecule has 0 amide bonds. The van der Waals surface area contributed by atoms with E-state index in [2.05, 4.69) is 44.2 Å². The van der Waals surface area contributed by atoms with Crippen LogP contribution in [0.3, 0.4) is 0 Å². The van der Waals surface area contributed by atoms with Gasteiger partial charge in [-0.2, -0.15) is 5.26 Å². The molecule has 1 aliphatic carbocycles. The van der Waals surface area contributed by atoms with Crippen LogP contribution in [0.15, 0.2) is 48.0 Å². The number of fused-ring (bicyclic) bond motifs is 1. The van der Waals surface area contributed by atoms with Crippen LogP contribution in [0.4, 0.5) is 0 Å². The van der Waals surface area contributed by atoms with E-state index in [9.17, 15) is 5.26 Å². The van der Waals surface area contributed by atoms with Gasteiger partial charge in [0.05, 0.1) is 5.56 Å². The second kappa shape index (κ2) is 7.40. The summed E-state index contributed by atoms with van der Waals surface area (Å²) in [6.07, 6.45) is 4.35. The quantitative estimate of drug-likeness (QED) is 0.471. The highest BCUT2D eigenvalue weighted by Crippen LogP contribution is 2.37. The molecule has 0 N–H and O–H groups in total. The third-order valence-corrected chi connectivity index (χ3v) is 5.42. The lowest BCUT2D eigenvalue weighted by atomic mass is 9.82. The van der Waals surface area contributed by atoms with E-state index in [1.54, 1.807) is 0 Å². The number of rotatable bonds is 3. The Hall–Kier alpha value is -2.50. The van der Waals surface area contributed by atoms with Gasteiger partial charge >= 0.3 is 0 Å². The molecule has 0 atom stereocenters. The van der Waals surface area contributed by atoms with E-state index in [1.165, 1.54) is 27.8 Å². The van der Waals surface area contributed by atoms with Crippen LogP contribution < -0.4 is 0 Å². The summed E-state index contributed by atoms with van der Waals surface area (Å²) in [5, 5.41) is 9.66. The number of nitrogens with zero attached hydrogens (tertiary/aromatic N) is 1. The lowest BCUT2D eigenvalue weighted by molar-refractivity contribution is 0.917. The molecule has 26 heavy (non-hydrogen) atoms. The molecule has 2 aromatic rings. The van der Waals surface area contributed by atoms with Crippen molar-refractivity contribution in [1.29, 1.82) is 5.26 Å². The molecule has 0 saturated heterocycles. The number of thiocarbonyl (C=S) groups is 1. The summed E-state index contributed by atoms with van der Waals surface area (Å²) in [5.41, 5.74) is 10.3. The Morgan fingerprint density at radius 3 is 2.42 bits per heavy atom. The minimum atomic E-state index is 0.710. The molecule has 0 heterocycles. The minimum absolute atomic E-state index is 0.710. The molecule has 0 spiro atoms. The predicted molar refractivity (Wildman–Crippen MR) is 114 cm³/mol. The Balaban J connectivity index is 2.26. The molecule has 130 valence electrons. The molecular formula is C24H23NS. The highest BCUT2D eigenvalue weighted by atomic mass is 32.1. The smallest absolute Gasteiger partial charge is 0.100 e. The van der Waals surface area contributed by atoms with Crippen LogP contribution in [-0.2, 0) is 6.42 Å². The van der Waals surface area contributed by atoms with Gasteiger partial charge in [-0.3, -0.25) is 0 Å². The van der Waals surface area contributed by atoms with Crippen molar-refractivity contribution in [1.82, 2.24) is 0 Å². The summed E-state index contributed by atoms with van der Waals surface area (Å²) >= 11 is 5.59. The van der Waals surface area contributed by atoms with Gasteiger partial charge < -0.3 is 0 Å². The van der Waals surface area contributed by atoms with Gasteiger partial charge in [0.1, 0.15) is 6.07 Å². The van der Waals surface area contributed by atoms with Gasteiger partial charge in [0, 0.05) is 10.4 Å². The summed E-state index contributed by atoms with van der Waals surface area (Å²) < 4.78 is 0. The number of aryl methyl sites for hydroxylation is 3. The Morgan fingerprint density at radius 2 is 1.73 bits per heavy atom. The zero-order chi connectivity index (χ0) is 18.8. The third kappa shape index (κ3) is 3.28. The first-order valence-electron chi connectivity index (χ1n) is 8.95. The first kappa shape index (κ1) is 18.3. The van der Waals surface area contributed by atoms with Gasteiger partial charge in [0.25, 0.3) is 0 Å². The van der Waals surface area contributed by atoms with Crippen molar-refractivity contribution in [2.45, 2.75) is 40.5 Å². The van der Waals surface area contributed by atoms with Crippen molar-refractivity contribution in [3.63, 3.8) is 0 Å². The summed E-state index contributed by atoms with van der Waals surface area (Å²) in [4.78, 5) is 0.813. The van der Waals surface area contributed by atoms with Crippen LogP contribution in [0, 0.1) is 25.2 Å². The molecular weight excluding hydrogens is 334 g/mol. The summed E-state index contributed by atoms with van der Waals surface area (Å²) in [5.74, 6) is 0. The molecule has 3 rings (SSSR count). The van der Waals surface area contributed by atoms with Crippen LogP contribution in [0.5, 0.6) is 0 Å². The zero-order valence-corrected chi connectivity index (χ0v) is 16.6. The molecule has 2 aromatic carbocycles. The van der Waals surface area contributed by atoms with Gasteiger partial charge in [-0.1, -0.05) is 54.2 Å². The molecule has 2 heteroatoms. The average molecular weight is 358 g/mol. The molecule has 0 aromatic heterocycles. The van der Waals surface area contributed by atoms with Crippen molar-refractivity contribution in [2.24, 2.45) is 0 Å². The Morgan fingerprint density at radius 1 is 1.04 bits per heavy atom. The van der Waals surface area contributed by atoms with Gasteiger partial charge in [0.15, 0.2) is 0 Å². The predicted octanol–water partition coefficient (Wildman–Crippen LogP) is 6.37. The SMILES string of the molecule is CC(=S)/C(=C\C1=C(C)CCc2cccc(C)c21)c1cccc(C)c1C#N. The molecule has 0 bridgehead atoms. The van der Waals surface area contributed by atoms with Crippen molar-refractivity contribution < 1.29 is 0 Å². The van der Waals surface area contributed by atoms with Gasteiger partial charge in [-0.05, 0) is 80.0 Å². The first-order valence-corrected chi connectivity index (χ1v) is 9.36. The Labute approximate surface area is 161 Å². The van der Waals surface area contributed by atoms with Crippen LogP contribution in [0.2, 0.25) is 0 Å². The van der Waals surface area contributed by atoms with Crippen molar-refractivity contribution >= 4 is 28.2 Å². The van der Waals surface area contributed by atoms with E-state index in [-0.39, 0.29) is 0 Å². The fourth-order valence-corrected chi connectivity index (χ4v) is 3.91. The monoisotopic (exact) mass is 357 g/mol. The van der Waals surface area contributed by atoms with Crippen LogP contribution >= 0.6 is 12.2 Å². The van der Waals surface area contributed by atoms with Gasteiger partial charge in [-0.25, -0.2) is 0 Å². The molecule has 1 aliphatic rings. The van der Waals surface area contributed by atoms with Crippen LogP contribution in [0.1, 0.15) is 53.6 Å². The Bertz CT molecular complexity index is 999. The molecule has 1 nitrogen and oxygen atoms in total. The van der Waals surface area contributed by atoms with E-state index < -0.39 is 0 Å². The first-order chi connectivity index (χ1) is 12.4. The summed E-state index contributed by atoms with van der Waals surface area (Å²) in [6, 6.07) is 14.9. The Kier molecular flexibility index (Phi) is 5.20.